The molecule has 1 saturated heterocycles. The first-order chi connectivity index (χ1) is 8.54. The molecule has 1 N–H and O–H groups in total. The minimum atomic E-state index is -0.705. The van der Waals surface area contributed by atoms with Gasteiger partial charge in [0, 0.05) is 23.1 Å². The maximum atomic E-state index is 11.0. The molecule has 1 atom stereocenters. The molecule has 0 bridgehead atoms. The molecule has 1 aliphatic heterocycles. The molecule has 1 aliphatic rings. The monoisotopic (exact) mass is 287 g/mol. The number of carbonyl (C=O) groups is 1. The SMILES string of the molecule is O=C(O)C1CCCN(Cc2cc(Cl)cc(Cl)c2)C1. The Morgan fingerprint density at radius 2 is 2.00 bits per heavy atom. The molecule has 2 rings (SSSR count). The van der Waals surface area contributed by atoms with E-state index < -0.39 is 5.97 Å². The minimum absolute atomic E-state index is 0.256. The zero-order chi connectivity index (χ0) is 13.1. The van der Waals surface area contributed by atoms with Gasteiger partial charge in [0.1, 0.15) is 0 Å². The van der Waals surface area contributed by atoms with Gasteiger partial charge < -0.3 is 5.11 Å². The summed E-state index contributed by atoms with van der Waals surface area (Å²) in [7, 11) is 0. The second kappa shape index (κ2) is 5.91. The van der Waals surface area contributed by atoms with E-state index >= 15 is 0 Å². The van der Waals surface area contributed by atoms with Crippen LogP contribution in [0.2, 0.25) is 10.0 Å². The number of piperidine rings is 1. The fourth-order valence-electron chi connectivity index (χ4n) is 2.36. The first kappa shape index (κ1) is 13.7. The van der Waals surface area contributed by atoms with E-state index in [4.69, 9.17) is 28.3 Å². The summed E-state index contributed by atoms with van der Waals surface area (Å²) in [5.41, 5.74) is 1.03. The van der Waals surface area contributed by atoms with Crippen molar-refractivity contribution in [3.63, 3.8) is 0 Å². The third-order valence-electron chi connectivity index (χ3n) is 3.18. The summed E-state index contributed by atoms with van der Waals surface area (Å²) in [6, 6.07) is 5.44. The number of carboxylic acid groups (broad SMARTS) is 1. The number of aliphatic carboxylic acids is 1. The Morgan fingerprint density at radius 3 is 2.61 bits per heavy atom. The second-order valence-electron chi connectivity index (χ2n) is 4.69. The van der Waals surface area contributed by atoms with Gasteiger partial charge in [-0.3, -0.25) is 9.69 Å². The lowest BCUT2D eigenvalue weighted by molar-refractivity contribution is -0.143. The van der Waals surface area contributed by atoms with Crippen molar-refractivity contribution in [3.8, 4) is 0 Å². The summed E-state index contributed by atoms with van der Waals surface area (Å²) in [5, 5.41) is 10.3. The summed E-state index contributed by atoms with van der Waals surface area (Å²) < 4.78 is 0. The van der Waals surface area contributed by atoms with Crippen molar-refractivity contribution in [1.29, 1.82) is 0 Å². The van der Waals surface area contributed by atoms with Crippen molar-refractivity contribution in [2.75, 3.05) is 13.1 Å². The Labute approximate surface area is 116 Å². The van der Waals surface area contributed by atoms with Crippen LogP contribution in [-0.2, 0) is 11.3 Å². The Balaban J connectivity index is 2.02. The van der Waals surface area contributed by atoms with Crippen LogP contribution in [0.15, 0.2) is 18.2 Å². The van der Waals surface area contributed by atoms with Gasteiger partial charge in [0.05, 0.1) is 5.92 Å². The largest absolute Gasteiger partial charge is 0.481 e. The predicted molar refractivity (Wildman–Crippen MR) is 72.1 cm³/mol. The van der Waals surface area contributed by atoms with E-state index in [2.05, 4.69) is 4.90 Å². The van der Waals surface area contributed by atoms with Crippen LogP contribution in [0, 0.1) is 5.92 Å². The number of rotatable bonds is 3. The lowest BCUT2D eigenvalue weighted by Gasteiger charge is -2.30. The van der Waals surface area contributed by atoms with E-state index in [1.54, 1.807) is 6.07 Å². The van der Waals surface area contributed by atoms with Gasteiger partial charge in [0.25, 0.3) is 0 Å². The van der Waals surface area contributed by atoms with E-state index in [-0.39, 0.29) is 5.92 Å². The molecule has 3 nitrogen and oxygen atoms in total. The van der Waals surface area contributed by atoms with E-state index in [0.29, 0.717) is 23.1 Å². The minimum Gasteiger partial charge on any atom is -0.481 e. The van der Waals surface area contributed by atoms with Crippen molar-refractivity contribution in [1.82, 2.24) is 4.90 Å². The highest BCUT2D eigenvalue weighted by Crippen LogP contribution is 2.23. The number of hydrogen-bond donors (Lipinski definition) is 1. The highest BCUT2D eigenvalue weighted by molar-refractivity contribution is 6.34. The summed E-state index contributed by atoms with van der Waals surface area (Å²) in [5.74, 6) is -0.961. The lowest BCUT2D eigenvalue weighted by Crippen LogP contribution is -2.38. The first-order valence-electron chi connectivity index (χ1n) is 5.95. The van der Waals surface area contributed by atoms with E-state index in [1.807, 2.05) is 12.1 Å². The lowest BCUT2D eigenvalue weighted by atomic mass is 9.98. The molecule has 0 aromatic heterocycles. The highest BCUT2D eigenvalue weighted by Gasteiger charge is 2.25. The quantitative estimate of drug-likeness (QED) is 0.927. The first-order valence-corrected chi connectivity index (χ1v) is 6.70. The van der Waals surface area contributed by atoms with Gasteiger partial charge in [0.15, 0.2) is 0 Å². The molecule has 1 unspecified atom stereocenters. The molecule has 0 spiro atoms. The van der Waals surface area contributed by atoms with Crippen molar-refractivity contribution < 1.29 is 9.90 Å². The van der Waals surface area contributed by atoms with Crippen LogP contribution >= 0.6 is 23.2 Å². The number of nitrogens with zero attached hydrogens (tertiary/aromatic N) is 1. The van der Waals surface area contributed by atoms with Crippen LogP contribution in [0.4, 0.5) is 0 Å². The molecule has 0 radical (unpaired) electrons. The number of likely N-dealkylation sites (tertiary alicyclic amines) is 1. The normalized spacial score (nSPS) is 20.9. The fourth-order valence-corrected chi connectivity index (χ4v) is 2.93. The summed E-state index contributed by atoms with van der Waals surface area (Å²) in [6.07, 6.45) is 1.69. The molecule has 1 aromatic carbocycles. The third kappa shape index (κ3) is 3.61. The number of benzene rings is 1. The standard InChI is InChI=1S/C13H15Cl2NO2/c14-11-4-9(5-12(15)6-11)7-16-3-1-2-10(8-16)13(17)18/h4-6,10H,1-3,7-8H2,(H,17,18). The predicted octanol–water partition coefficient (Wildman–Crippen LogP) is 3.29. The van der Waals surface area contributed by atoms with Crippen LogP contribution in [0.1, 0.15) is 18.4 Å². The average molecular weight is 288 g/mol. The van der Waals surface area contributed by atoms with Gasteiger partial charge in [-0.2, -0.15) is 0 Å². The summed E-state index contributed by atoms with van der Waals surface area (Å²) >= 11 is 11.9. The summed E-state index contributed by atoms with van der Waals surface area (Å²) in [6.45, 7) is 2.22. The molecule has 0 saturated carbocycles. The maximum Gasteiger partial charge on any atom is 0.307 e. The average Bonchev–Trinajstić information content (AvgIpc) is 2.27. The zero-order valence-corrected chi connectivity index (χ0v) is 11.4. The van der Waals surface area contributed by atoms with Crippen molar-refractivity contribution in [3.05, 3.63) is 33.8 Å². The van der Waals surface area contributed by atoms with Crippen molar-refractivity contribution >= 4 is 29.2 Å². The van der Waals surface area contributed by atoms with Crippen LogP contribution in [0.5, 0.6) is 0 Å². The van der Waals surface area contributed by atoms with Gasteiger partial charge >= 0.3 is 5.97 Å². The maximum absolute atomic E-state index is 11.0. The van der Waals surface area contributed by atoms with Crippen LogP contribution in [0.25, 0.3) is 0 Å². The molecule has 0 aliphatic carbocycles. The van der Waals surface area contributed by atoms with E-state index in [1.165, 1.54) is 0 Å². The fraction of sp³-hybridized carbons (Fsp3) is 0.462. The number of hydrogen-bond acceptors (Lipinski definition) is 2. The van der Waals surface area contributed by atoms with Gasteiger partial charge in [0.2, 0.25) is 0 Å². The van der Waals surface area contributed by atoms with Gasteiger partial charge in [-0.15, -0.1) is 0 Å². The molecule has 18 heavy (non-hydrogen) atoms. The highest BCUT2D eigenvalue weighted by atomic mass is 35.5. The molecule has 98 valence electrons. The second-order valence-corrected chi connectivity index (χ2v) is 5.56. The molecular formula is C13H15Cl2NO2. The molecule has 1 heterocycles. The molecule has 0 amide bonds. The smallest absolute Gasteiger partial charge is 0.307 e. The van der Waals surface area contributed by atoms with E-state index in [0.717, 1.165) is 24.9 Å². The Bertz CT molecular complexity index is 430. The van der Waals surface area contributed by atoms with Crippen molar-refractivity contribution in [2.24, 2.45) is 5.92 Å². The van der Waals surface area contributed by atoms with Crippen molar-refractivity contribution in [2.45, 2.75) is 19.4 Å². The molecule has 1 fully saturated rings. The number of halogens is 2. The van der Waals surface area contributed by atoms with Gasteiger partial charge in [-0.1, -0.05) is 23.2 Å². The summed E-state index contributed by atoms with van der Waals surface area (Å²) in [4.78, 5) is 13.1. The molecule has 1 aromatic rings. The van der Waals surface area contributed by atoms with E-state index in [9.17, 15) is 4.79 Å². The topological polar surface area (TPSA) is 40.5 Å². The Hall–Kier alpha value is -0.770. The Morgan fingerprint density at radius 1 is 1.33 bits per heavy atom. The van der Waals surface area contributed by atoms with Crippen LogP contribution < -0.4 is 0 Å². The number of carboxylic acids is 1. The van der Waals surface area contributed by atoms with Gasteiger partial charge in [-0.05, 0) is 43.1 Å². The van der Waals surface area contributed by atoms with Crippen LogP contribution in [0.3, 0.4) is 0 Å². The van der Waals surface area contributed by atoms with Gasteiger partial charge in [-0.25, -0.2) is 0 Å². The third-order valence-corrected chi connectivity index (χ3v) is 3.62. The zero-order valence-electron chi connectivity index (χ0n) is 9.90. The van der Waals surface area contributed by atoms with Crippen LogP contribution in [-0.4, -0.2) is 29.1 Å². The molecular weight excluding hydrogens is 273 g/mol. The Kier molecular flexibility index (Phi) is 4.49. The molecule has 5 heteroatoms.